The molecule has 1 aromatic carbocycles. The van der Waals surface area contributed by atoms with E-state index in [2.05, 4.69) is 6.58 Å². The molecule has 1 aromatic rings. The van der Waals surface area contributed by atoms with Gasteiger partial charge in [0.15, 0.2) is 18.1 Å². The fourth-order valence-corrected chi connectivity index (χ4v) is 1.43. The largest absolute Gasteiger partial charge is 0.493 e. The van der Waals surface area contributed by atoms with Gasteiger partial charge in [0.2, 0.25) is 0 Å². The molecular weight excluding hydrogens is 244 g/mol. The van der Waals surface area contributed by atoms with E-state index in [1.54, 1.807) is 13.2 Å². The van der Waals surface area contributed by atoms with Gasteiger partial charge in [0.05, 0.1) is 7.11 Å². The van der Waals surface area contributed by atoms with E-state index in [1.807, 2.05) is 31.2 Å². The molecule has 0 fully saturated rings. The van der Waals surface area contributed by atoms with Gasteiger partial charge in [-0.05, 0) is 24.6 Å². The zero-order valence-corrected chi connectivity index (χ0v) is 11.2. The fraction of sp³-hybridized carbons (Fsp3) is 0.267. The van der Waals surface area contributed by atoms with Crippen LogP contribution >= 0.6 is 0 Å². The molecule has 0 saturated carbocycles. The number of carbonyl (C=O) groups is 1. The first-order chi connectivity index (χ1) is 9.21. The van der Waals surface area contributed by atoms with Crippen molar-refractivity contribution in [2.24, 2.45) is 0 Å². The molecule has 0 amide bonds. The van der Waals surface area contributed by atoms with Crippen LogP contribution < -0.4 is 9.47 Å². The number of ether oxygens (including phenoxy) is 3. The molecule has 19 heavy (non-hydrogen) atoms. The second-order valence-corrected chi connectivity index (χ2v) is 3.67. The number of esters is 1. The highest BCUT2D eigenvalue weighted by Crippen LogP contribution is 2.28. The van der Waals surface area contributed by atoms with Crippen molar-refractivity contribution < 1.29 is 19.0 Å². The Morgan fingerprint density at radius 1 is 1.37 bits per heavy atom. The third-order valence-corrected chi connectivity index (χ3v) is 2.25. The summed E-state index contributed by atoms with van der Waals surface area (Å²) in [7, 11) is 1.55. The van der Waals surface area contributed by atoms with Gasteiger partial charge in [0, 0.05) is 0 Å². The lowest BCUT2D eigenvalue weighted by Gasteiger charge is -2.10. The monoisotopic (exact) mass is 262 g/mol. The van der Waals surface area contributed by atoms with Crippen LogP contribution in [0.2, 0.25) is 0 Å². The maximum atomic E-state index is 11.3. The Balaban J connectivity index is 2.67. The van der Waals surface area contributed by atoms with Crippen LogP contribution in [0.25, 0.3) is 6.08 Å². The average Bonchev–Trinajstić information content (AvgIpc) is 2.43. The maximum absolute atomic E-state index is 11.3. The van der Waals surface area contributed by atoms with Crippen molar-refractivity contribution in [3.63, 3.8) is 0 Å². The van der Waals surface area contributed by atoms with Gasteiger partial charge in [-0.2, -0.15) is 0 Å². The molecule has 1 rings (SSSR count). The highest BCUT2D eigenvalue weighted by molar-refractivity contribution is 5.71. The molecular formula is C15H18O4. The summed E-state index contributed by atoms with van der Waals surface area (Å²) in [5.74, 6) is 0.637. The Bertz CT molecular complexity index is 463. The minimum Gasteiger partial charge on any atom is -0.493 e. The smallest absolute Gasteiger partial charge is 0.344 e. The van der Waals surface area contributed by atoms with Gasteiger partial charge in [-0.15, -0.1) is 0 Å². The average molecular weight is 262 g/mol. The fourth-order valence-electron chi connectivity index (χ4n) is 1.43. The third-order valence-electron chi connectivity index (χ3n) is 2.25. The highest BCUT2D eigenvalue weighted by Gasteiger charge is 2.08. The van der Waals surface area contributed by atoms with E-state index in [-0.39, 0.29) is 13.2 Å². The Morgan fingerprint density at radius 3 is 2.79 bits per heavy atom. The molecule has 4 nitrogen and oxygen atoms in total. The van der Waals surface area contributed by atoms with Crippen LogP contribution in [0, 0.1) is 0 Å². The van der Waals surface area contributed by atoms with Crippen LogP contribution in [0.15, 0.2) is 36.9 Å². The summed E-state index contributed by atoms with van der Waals surface area (Å²) in [6.07, 6.45) is 5.39. The number of rotatable bonds is 7. The SMILES string of the molecule is C=CCOC(=O)COc1ccc(/C=C/C)cc1OC. The summed E-state index contributed by atoms with van der Waals surface area (Å²) < 4.78 is 15.4. The van der Waals surface area contributed by atoms with Crippen LogP contribution in [0.5, 0.6) is 11.5 Å². The second-order valence-electron chi connectivity index (χ2n) is 3.67. The van der Waals surface area contributed by atoms with E-state index < -0.39 is 5.97 Å². The molecule has 0 aliphatic heterocycles. The van der Waals surface area contributed by atoms with Crippen molar-refractivity contribution in [2.45, 2.75) is 6.92 Å². The molecule has 0 unspecified atom stereocenters. The third kappa shape index (κ3) is 4.87. The van der Waals surface area contributed by atoms with Crippen molar-refractivity contribution in [2.75, 3.05) is 20.3 Å². The summed E-state index contributed by atoms with van der Waals surface area (Å²) in [5.41, 5.74) is 1.00. The molecule has 0 aliphatic rings. The molecule has 0 bridgehead atoms. The first-order valence-corrected chi connectivity index (χ1v) is 5.91. The Hall–Kier alpha value is -2.23. The van der Waals surface area contributed by atoms with E-state index in [4.69, 9.17) is 14.2 Å². The minimum atomic E-state index is -0.445. The van der Waals surface area contributed by atoms with Crippen LogP contribution in [-0.4, -0.2) is 26.3 Å². The molecule has 0 aromatic heterocycles. The first-order valence-electron chi connectivity index (χ1n) is 5.91. The standard InChI is InChI=1S/C15H18O4/c1-4-6-12-7-8-13(14(10-12)17-3)19-11-15(16)18-9-5-2/h4-8,10H,2,9,11H2,1,3H3/b6-4+. The number of allylic oxidation sites excluding steroid dienone is 1. The first kappa shape index (κ1) is 14.8. The molecule has 0 radical (unpaired) electrons. The predicted octanol–water partition coefficient (Wildman–Crippen LogP) is 2.84. The number of benzene rings is 1. The molecule has 0 saturated heterocycles. The summed E-state index contributed by atoms with van der Waals surface area (Å²) in [6.45, 7) is 5.42. The van der Waals surface area contributed by atoms with E-state index in [9.17, 15) is 4.79 Å². The van der Waals surface area contributed by atoms with Gasteiger partial charge < -0.3 is 14.2 Å². The van der Waals surface area contributed by atoms with E-state index in [0.717, 1.165) is 5.56 Å². The minimum absolute atomic E-state index is 0.160. The number of methoxy groups -OCH3 is 1. The lowest BCUT2D eigenvalue weighted by molar-refractivity contribution is -0.144. The van der Waals surface area contributed by atoms with Gasteiger partial charge in [-0.3, -0.25) is 0 Å². The highest BCUT2D eigenvalue weighted by atomic mass is 16.6. The van der Waals surface area contributed by atoms with E-state index in [0.29, 0.717) is 11.5 Å². The van der Waals surface area contributed by atoms with Crippen molar-refractivity contribution in [1.29, 1.82) is 0 Å². The summed E-state index contributed by atoms with van der Waals surface area (Å²) >= 11 is 0. The maximum Gasteiger partial charge on any atom is 0.344 e. The van der Waals surface area contributed by atoms with Crippen molar-refractivity contribution in [3.8, 4) is 11.5 Å². The van der Waals surface area contributed by atoms with Gasteiger partial charge in [-0.1, -0.05) is 30.9 Å². The Morgan fingerprint density at radius 2 is 2.16 bits per heavy atom. The molecule has 0 N–H and O–H groups in total. The summed E-state index contributed by atoms with van der Waals surface area (Å²) in [6, 6.07) is 5.48. The summed E-state index contributed by atoms with van der Waals surface area (Å²) in [5, 5.41) is 0. The van der Waals surface area contributed by atoms with Crippen LogP contribution in [0.1, 0.15) is 12.5 Å². The topological polar surface area (TPSA) is 44.8 Å². The number of hydrogen-bond acceptors (Lipinski definition) is 4. The molecule has 0 heterocycles. The number of hydrogen-bond donors (Lipinski definition) is 0. The lowest BCUT2D eigenvalue weighted by atomic mass is 10.2. The normalized spacial score (nSPS) is 10.2. The van der Waals surface area contributed by atoms with Crippen LogP contribution in [0.3, 0.4) is 0 Å². The molecule has 102 valence electrons. The van der Waals surface area contributed by atoms with Crippen molar-refractivity contribution in [3.05, 3.63) is 42.5 Å². The van der Waals surface area contributed by atoms with Crippen molar-refractivity contribution in [1.82, 2.24) is 0 Å². The van der Waals surface area contributed by atoms with Gasteiger partial charge in [0.25, 0.3) is 0 Å². The van der Waals surface area contributed by atoms with E-state index >= 15 is 0 Å². The lowest BCUT2D eigenvalue weighted by Crippen LogP contribution is -2.15. The molecule has 0 atom stereocenters. The van der Waals surface area contributed by atoms with Crippen LogP contribution in [0.4, 0.5) is 0 Å². The van der Waals surface area contributed by atoms with Gasteiger partial charge in [-0.25, -0.2) is 4.79 Å². The van der Waals surface area contributed by atoms with E-state index in [1.165, 1.54) is 6.08 Å². The van der Waals surface area contributed by atoms with Gasteiger partial charge in [0.1, 0.15) is 6.61 Å². The van der Waals surface area contributed by atoms with Gasteiger partial charge >= 0.3 is 5.97 Å². The summed E-state index contributed by atoms with van der Waals surface area (Å²) in [4.78, 5) is 11.3. The van der Waals surface area contributed by atoms with Crippen LogP contribution in [-0.2, 0) is 9.53 Å². The zero-order chi connectivity index (χ0) is 14.1. The molecule has 0 aliphatic carbocycles. The molecule has 4 heteroatoms. The zero-order valence-electron chi connectivity index (χ0n) is 11.2. The Labute approximate surface area is 113 Å². The predicted molar refractivity (Wildman–Crippen MR) is 74.4 cm³/mol. The number of carbonyl (C=O) groups excluding carboxylic acids is 1. The Kier molecular flexibility index (Phi) is 6.22. The molecule has 0 spiro atoms. The van der Waals surface area contributed by atoms with Crippen molar-refractivity contribution >= 4 is 12.0 Å². The second kappa shape index (κ2) is 7.97. The quantitative estimate of drug-likeness (QED) is 0.560.